The van der Waals surface area contributed by atoms with E-state index in [1.807, 2.05) is 11.0 Å². The first kappa shape index (κ1) is 11.5. The zero-order valence-electron chi connectivity index (χ0n) is 10.4. The van der Waals surface area contributed by atoms with Gasteiger partial charge >= 0.3 is 0 Å². The number of fused-ring (bicyclic) bond motifs is 1. The highest BCUT2D eigenvalue weighted by molar-refractivity contribution is 5.85. The van der Waals surface area contributed by atoms with Gasteiger partial charge in [0.25, 0.3) is 0 Å². The van der Waals surface area contributed by atoms with E-state index in [4.69, 9.17) is 5.73 Å². The minimum atomic E-state index is -0.270. The molecular formula is C14H18N2O2. The quantitative estimate of drug-likeness (QED) is 0.818. The van der Waals surface area contributed by atoms with Crippen molar-refractivity contribution in [2.24, 2.45) is 11.1 Å². The lowest BCUT2D eigenvalue weighted by Gasteiger charge is -2.31. The van der Waals surface area contributed by atoms with Crippen LogP contribution in [0.25, 0.3) is 0 Å². The van der Waals surface area contributed by atoms with Gasteiger partial charge in [-0.2, -0.15) is 0 Å². The molecule has 1 saturated carbocycles. The molecule has 1 heterocycles. The van der Waals surface area contributed by atoms with Crippen LogP contribution in [0.1, 0.15) is 24.0 Å². The zero-order valence-corrected chi connectivity index (χ0v) is 10.4. The molecule has 0 saturated heterocycles. The molecule has 0 aromatic heterocycles. The van der Waals surface area contributed by atoms with Crippen LogP contribution in [0.3, 0.4) is 0 Å². The summed E-state index contributed by atoms with van der Waals surface area (Å²) < 4.78 is 0. The molecule has 1 aliphatic carbocycles. The Morgan fingerprint density at radius 3 is 2.83 bits per heavy atom. The number of nitrogens with zero attached hydrogens (tertiary/aromatic N) is 1. The van der Waals surface area contributed by atoms with Crippen LogP contribution in [0.5, 0.6) is 5.75 Å². The molecule has 0 unspecified atom stereocenters. The zero-order chi connectivity index (χ0) is 12.8. The van der Waals surface area contributed by atoms with Gasteiger partial charge in [-0.3, -0.25) is 4.79 Å². The SMILES string of the molecule is NCC1(C(=O)N2CCc3ccc(O)cc3C2)CC1. The molecule has 0 radical (unpaired) electrons. The molecule has 3 rings (SSSR count). The van der Waals surface area contributed by atoms with E-state index >= 15 is 0 Å². The normalized spacial score (nSPS) is 20.4. The van der Waals surface area contributed by atoms with Crippen LogP contribution in [0.4, 0.5) is 0 Å². The Kier molecular flexibility index (Phi) is 2.55. The topological polar surface area (TPSA) is 66.6 Å². The molecule has 96 valence electrons. The third-order valence-electron chi connectivity index (χ3n) is 4.19. The van der Waals surface area contributed by atoms with E-state index in [0.29, 0.717) is 13.1 Å². The highest BCUT2D eigenvalue weighted by atomic mass is 16.3. The Bertz CT molecular complexity index is 495. The maximum atomic E-state index is 12.4. The van der Waals surface area contributed by atoms with Crippen molar-refractivity contribution >= 4 is 5.91 Å². The third kappa shape index (κ3) is 1.77. The molecule has 0 spiro atoms. The lowest BCUT2D eigenvalue weighted by atomic mass is 9.97. The highest BCUT2D eigenvalue weighted by Crippen LogP contribution is 2.46. The van der Waals surface area contributed by atoms with Gasteiger partial charge in [-0.25, -0.2) is 0 Å². The number of phenolic OH excluding ortho intramolecular Hbond substituents is 1. The smallest absolute Gasteiger partial charge is 0.230 e. The van der Waals surface area contributed by atoms with Crippen molar-refractivity contribution in [1.82, 2.24) is 4.90 Å². The molecule has 2 aliphatic rings. The Morgan fingerprint density at radius 1 is 1.39 bits per heavy atom. The number of amides is 1. The van der Waals surface area contributed by atoms with Gasteiger partial charge in [-0.05, 0) is 42.5 Å². The fraction of sp³-hybridized carbons (Fsp3) is 0.500. The number of rotatable bonds is 2. The van der Waals surface area contributed by atoms with Crippen molar-refractivity contribution in [1.29, 1.82) is 0 Å². The van der Waals surface area contributed by atoms with Crippen molar-refractivity contribution in [3.8, 4) is 5.75 Å². The lowest BCUT2D eigenvalue weighted by molar-refractivity contribution is -0.137. The second kappa shape index (κ2) is 3.99. The molecule has 18 heavy (non-hydrogen) atoms. The number of carbonyl (C=O) groups excluding carboxylic acids is 1. The van der Waals surface area contributed by atoms with Gasteiger partial charge in [0.05, 0.1) is 5.41 Å². The van der Waals surface area contributed by atoms with Crippen molar-refractivity contribution in [3.05, 3.63) is 29.3 Å². The fourth-order valence-electron chi connectivity index (χ4n) is 2.71. The van der Waals surface area contributed by atoms with Crippen LogP contribution in [-0.2, 0) is 17.8 Å². The number of aromatic hydroxyl groups is 1. The number of hydrogen-bond acceptors (Lipinski definition) is 3. The standard InChI is InChI=1S/C14H18N2O2/c15-9-14(4-5-14)13(18)16-6-3-10-1-2-12(17)7-11(10)8-16/h1-2,7,17H,3-6,8-9,15H2. The van der Waals surface area contributed by atoms with Crippen LogP contribution in [0.15, 0.2) is 18.2 Å². The molecule has 1 fully saturated rings. The molecule has 0 atom stereocenters. The second-order valence-electron chi connectivity index (χ2n) is 5.41. The van der Waals surface area contributed by atoms with E-state index in [1.165, 1.54) is 5.56 Å². The number of nitrogens with two attached hydrogens (primary N) is 1. The van der Waals surface area contributed by atoms with E-state index < -0.39 is 0 Å². The van der Waals surface area contributed by atoms with Crippen molar-refractivity contribution in [3.63, 3.8) is 0 Å². The molecule has 1 aromatic carbocycles. The average Bonchev–Trinajstić information content (AvgIpc) is 3.18. The van der Waals surface area contributed by atoms with Gasteiger partial charge in [-0.1, -0.05) is 6.07 Å². The van der Waals surface area contributed by atoms with Crippen molar-refractivity contribution in [2.45, 2.75) is 25.8 Å². The number of phenols is 1. The largest absolute Gasteiger partial charge is 0.508 e. The van der Waals surface area contributed by atoms with E-state index in [-0.39, 0.29) is 17.1 Å². The van der Waals surface area contributed by atoms with Crippen LogP contribution < -0.4 is 5.73 Å². The molecule has 1 aromatic rings. The molecule has 1 amide bonds. The first-order valence-corrected chi connectivity index (χ1v) is 6.45. The van der Waals surface area contributed by atoms with Gasteiger partial charge in [0.2, 0.25) is 5.91 Å². The summed E-state index contributed by atoms with van der Waals surface area (Å²) in [6, 6.07) is 5.41. The van der Waals surface area contributed by atoms with Gasteiger partial charge < -0.3 is 15.7 Å². The summed E-state index contributed by atoms with van der Waals surface area (Å²) in [5.41, 5.74) is 7.73. The van der Waals surface area contributed by atoms with Gasteiger partial charge in [-0.15, -0.1) is 0 Å². The van der Waals surface area contributed by atoms with Crippen LogP contribution in [0.2, 0.25) is 0 Å². The summed E-state index contributed by atoms with van der Waals surface area (Å²) in [4.78, 5) is 14.3. The summed E-state index contributed by atoms with van der Waals surface area (Å²) in [6.07, 6.45) is 2.71. The maximum absolute atomic E-state index is 12.4. The van der Waals surface area contributed by atoms with E-state index in [1.54, 1.807) is 12.1 Å². The first-order valence-electron chi connectivity index (χ1n) is 6.45. The van der Waals surface area contributed by atoms with Crippen LogP contribution in [0, 0.1) is 5.41 Å². The van der Waals surface area contributed by atoms with Crippen LogP contribution >= 0.6 is 0 Å². The predicted octanol–water partition coefficient (Wildman–Crippen LogP) is 1.02. The number of carbonyl (C=O) groups is 1. The third-order valence-corrected chi connectivity index (χ3v) is 4.19. The first-order chi connectivity index (χ1) is 8.64. The van der Waals surface area contributed by atoms with E-state index in [0.717, 1.165) is 31.4 Å². The van der Waals surface area contributed by atoms with Crippen LogP contribution in [-0.4, -0.2) is 29.0 Å². The average molecular weight is 246 g/mol. The summed E-state index contributed by atoms with van der Waals surface area (Å²) >= 11 is 0. The summed E-state index contributed by atoms with van der Waals surface area (Å²) in [7, 11) is 0. The lowest BCUT2D eigenvalue weighted by Crippen LogP contribution is -2.43. The predicted molar refractivity (Wildman–Crippen MR) is 67.9 cm³/mol. The molecule has 0 bridgehead atoms. The highest BCUT2D eigenvalue weighted by Gasteiger charge is 2.50. The molecule has 1 aliphatic heterocycles. The Hall–Kier alpha value is -1.55. The monoisotopic (exact) mass is 246 g/mol. The maximum Gasteiger partial charge on any atom is 0.230 e. The summed E-state index contributed by atoms with van der Waals surface area (Å²) in [6.45, 7) is 1.82. The van der Waals surface area contributed by atoms with E-state index in [2.05, 4.69) is 0 Å². The number of hydrogen-bond donors (Lipinski definition) is 2. The minimum absolute atomic E-state index is 0.194. The van der Waals surface area contributed by atoms with Crippen molar-refractivity contribution < 1.29 is 9.90 Å². The Balaban J connectivity index is 1.80. The van der Waals surface area contributed by atoms with Gasteiger partial charge in [0.1, 0.15) is 5.75 Å². The van der Waals surface area contributed by atoms with E-state index in [9.17, 15) is 9.90 Å². The fourth-order valence-corrected chi connectivity index (χ4v) is 2.71. The molecule has 3 N–H and O–H groups in total. The summed E-state index contributed by atoms with van der Waals surface area (Å²) in [5.74, 6) is 0.460. The Labute approximate surface area is 106 Å². The van der Waals surface area contributed by atoms with Gasteiger partial charge in [0.15, 0.2) is 0 Å². The molecular weight excluding hydrogens is 228 g/mol. The molecule has 4 nitrogen and oxygen atoms in total. The molecule has 4 heteroatoms. The Morgan fingerprint density at radius 2 is 2.17 bits per heavy atom. The summed E-state index contributed by atoms with van der Waals surface area (Å²) in [5, 5.41) is 9.51. The van der Waals surface area contributed by atoms with Gasteiger partial charge in [0, 0.05) is 19.6 Å². The second-order valence-corrected chi connectivity index (χ2v) is 5.41. The minimum Gasteiger partial charge on any atom is -0.508 e. The van der Waals surface area contributed by atoms with Crippen molar-refractivity contribution in [2.75, 3.05) is 13.1 Å². The number of benzene rings is 1.